The van der Waals surface area contributed by atoms with Crippen LogP contribution < -0.4 is 0 Å². The number of aliphatic imine (C=N–C) groups is 1. The van der Waals surface area contributed by atoms with Crippen LogP contribution in [-0.4, -0.2) is 20.1 Å². The topological polar surface area (TPSA) is 53.9 Å². The fraction of sp³-hybridized carbons (Fsp3) is 0. The minimum absolute atomic E-state index is 0.709. The molecule has 0 aliphatic heterocycles. The van der Waals surface area contributed by atoms with Crippen molar-refractivity contribution in [3.05, 3.63) is 42.6 Å². The summed E-state index contributed by atoms with van der Waals surface area (Å²) in [6, 6.07) is 11.4. The maximum Gasteiger partial charge on any atom is 0.157 e. The molecule has 86 valence electrons. The molecule has 1 aromatic carbocycles. The maximum absolute atomic E-state index is 4.63. The van der Waals surface area contributed by atoms with Gasteiger partial charge in [-0.2, -0.15) is 4.99 Å². The third kappa shape index (κ3) is 1.82. The maximum atomic E-state index is 4.63. The van der Waals surface area contributed by atoms with Gasteiger partial charge in [0, 0.05) is 6.20 Å². The highest BCUT2D eigenvalue weighted by atomic mass is 32.1. The summed E-state index contributed by atoms with van der Waals surface area (Å²) in [7, 11) is 0. The third-order valence-corrected chi connectivity index (χ3v) is 2.66. The fourth-order valence-corrected chi connectivity index (χ4v) is 1.88. The van der Waals surface area contributed by atoms with Crippen LogP contribution in [0.3, 0.4) is 0 Å². The number of aromatic nitrogens is 3. The predicted octanol–water partition coefficient (Wildman–Crippen LogP) is 3.36. The molecule has 0 amide bonds. The molecule has 0 spiro atoms. The number of H-pyrrole nitrogens is 1. The SMILES string of the molecule is S=C=Nc1cccc2[nH]c(-c3ccccn3)nc12. The second kappa shape index (κ2) is 4.49. The highest BCUT2D eigenvalue weighted by Crippen LogP contribution is 2.26. The largest absolute Gasteiger partial charge is 0.337 e. The van der Waals surface area contributed by atoms with Crippen LogP contribution in [-0.2, 0) is 0 Å². The zero-order valence-electron chi connectivity index (χ0n) is 9.29. The monoisotopic (exact) mass is 252 g/mol. The molecule has 5 heteroatoms. The van der Waals surface area contributed by atoms with Crippen molar-refractivity contribution >= 4 is 34.1 Å². The van der Waals surface area contributed by atoms with Gasteiger partial charge in [0.2, 0.25) is 0 Å². The molecule has 0 atom stereocenters. The van der Waals surface area contributed by atoms with Crippen molar-refractivity contribution < 1.29 is 0 Å². The number of pyridine rings is 1. The summed E-state index contributed by atoms with van der Waals surface area (Å²) in [5.74, 6) is 0.720. The summed E-state index contributed by atoms with van der Waals surface area (Å²) in [6.45, 7) is 0. The Balaban J connectivity index is 2.23. The Morgan fingerprint density at radius 2 is 2.11 bits per heavy atom. The van der Waals surface area contributed by atoms with Gasteiger partial charge in [0.15, 0.2) is 5.82 Å². The highest BCUT2D eigenvalue weighted by Gasteiger charge is 2.08. The molecule has 2 aromatic heterocycles. The molecule has 0 saturated carbocycles. The number of para-hydroxylation sites is 1. The predicted molar refractivity (Wildman–Crippen MR) is 74.0 cm³/mol. The molecule has 0 bridgehead atoms. The lowest BCUT2D eigenvalue weighted by Gasteiger charge is -1.92. The Morgan fingerprint density at radius 1 is 1.17 bits per heavy atom. The summed E-state index contributed by atoms with van der Waals surface area (Å²) >= 11 is 4.63. The molecule has 2 heterocycles. The van der Waals surface area contributed by atoms with Gasteiger partial charge in [-0.3, -0.25) is 4.98 Å². The van der Waals surface area contributed by atoms with Gasteiger partial charge in [-0.15, -0.1) is 0 Å². The Morgan fingerprint density at radius 3 is 2.89 bits per heavy atom. The van der Waals surface area contributed by atoms with Gasteiger partial charge >= 0.3 is 0 Å². The van der Waals surface area contributed by atoms with E-state index >= 15 is 0 Å². The van der Waals surface area contributed by atoms with Crippen molar-refractivity contribution in [1.82, 2.24) is 15.0 Å². The van der Waals surface area contributed by atoms with Gasteiger partial charge < -0.3 is 4.98 Å². The average molecular weight is 252 g/mol. The van der Waals surface area contributed by atoms with Crippen molar-refractivity contribution in [1.29, 1.82) is 0 Å². The smallest absolute Gasteiger partial charge is 0.157 e. The van der Waals surface area contributed by atoms with Crippen molar-refractivity contribution in [3.8, 4) is 11.5 Å². The van der Waals surface area contributed by atoms with Gasteiger partial charge in [-0.05, 0) is 36.5 Å². The Hall–Kier alpha value is -2.36. The van der Waals surface area contributed by atoms with Crippen LogP contribution in [0.1, 0.15) is 0 Å². The first kappa shape index (κ1) is 10.8. The number of rotatable bonds is 2. The van der Waals surface area contributed by atoms with E-state index in [1.165, 1.54) is 0 Å². The van der Waals surface area contributed by atoms with Gasteiger partial charge in [0.1, 0.15) is 16.9 Å². The second-order valence-electron chi connectivity index (χ2n) is 3.68. The molecular weight excluding hydrogens is 244 g/mol. The van der Waals surface area contributed by atoms with E-state index in [1.807, 2.05) is 36.4 Å². The van der Waals surface area contributed by atoms with E-state index in [-0.39, 0.29) is 0 Å². The first-order chi connectivity index (χ1) is 8.88. The number of benzene rings is 1. The standard InChI is InChI=1S/C13H8N4S/c18-8-15-9-5-3-6-10-12(9)17-13(16-10)11-4-1-2-7-14-11/h1-7H,(H,16,17). The van der Waals surface area contributed by atoms with E-state index in [0.717, 1.165) is 22.6 Å². The number of imidazole rings is 1. The average Bonchev–Trinajstić information content (AvgIpc) is 2.85. The highest BCUT2D eigenvalue weighted by molar-refractivity contribution is 7.78. The van der Waals surface area contributed by atoms with Crippen LogP contribution in [0.4, 0.5) is 5.69 Å². The molecule has 0 radical (unpaired) electrons. The molecule has 4 nitrogen and oxygen atoms in total. The van der Waals surface area contributed by atoms with E-state index in [0.29, 0.717) is 5.69 Å². The molecule has 18 heavy (non-hydrogen) atoms. The van der Waals surface area contributed by atoms with Gasteiger partial charge in [-0.25, -0.2) is 4.98 Å². The van der Waals surface area contributed by atoms with Crippen molar-refractivity contribution in [2.75, 3.05) is 0 Å². The molecule has 3 rings (SSSR count). The molecule has 0 fully saturated rings. The number of nitrogens with one attached hydrogen (secondary N) is 1. The molecule has 0 aliphatic carbocycles. The number of fused-ring (bicyclic) bond motifs is 1. The van der Waals surface area contributed by atoms with Crippen LogP contribution >= 0.6 is 12.2 Å². The Labute approximate surface area is 108 Å². The lowest BCUT2D eigenvalue weighted by atomic mass is 10.3. The second-order valence-corrected chi connectivity index (χ2v) is 3.86. The number of nitrogens with zero attached hydrogens (tertiary/aromatic N) is 3. The minimum Gasteiger partial charge on any atom is -0.337 e. The van der Waals surface area contributed by atoms with Crippen molar-refractivity contribution in [3.63, 3.8) is 0 Å². The number of isothiocyanates is 1. The minimum atomic E-state index is 0.709. The molecule has 0 aliphatic rings. The molecule has 3 aromatic rings. The molecular formula is C13H8N4S. The summed E-state index contributed by atoms with van der Waals surface area (Å²) < 4.78 is 0. The van der Waals surface area contributed by atoms with Crippen LogP contribution in [0.2, 0.25) is 0 Å². The molecule has 1 N–H and O–H groups in total. The van der Waals surface area contributed by atoms with Crippen molar-refractivity contribution in [2.24, 2.45) is 4.99 Å². The van der Waals surface area contributed by atoms with Crippen molar-refractivity contribution in [2.45, 2.75) is 0 Å². The number of aromatic amines is 1. The van der Waals surface area contributed by atoms with E-state index in [9.17, 15) is 0 Å². The fourth-order valence-electron chi connectivity index (χ4n) is 1.78. The number of thiocarbonyl (C=S) groups is 1. The van der Waals surface area contributed by atoms with E-state index < -0.39 is 0 Å². The van der Waals surface area contributed by atoms with Crippen LogP contribution in [0, 0.1) is 0 Å². The summed E-state index contributed by atoms with van der Waals surface area (Å²) in [5, 5.41) is 2.36. The van der Waals surface area contributed by atoms with E-state index in [1.54, 1.807) is 6.20 Å². The zero-order chi connectivity index (χ0) is 12.4. The Bertz CT molecular complexity index is 742. The first-order valence-electron chi connectivity index (χ1n) is 5.36. The van der Waals surface area contributed by atoms with E-state index in [2.05, 4.69) is 37.3 Å². The van der Waals surface area contributed by atoms with Crippen LogP contribution in [0.5, 0.6) is 0 Å². The quantitative estimate of drug-likeness (QED) is 0.562. The van der Waals surface area contributed by atoms with Crippen LogP contribution in [0.15, 0.2) is 47.6 Å². The normalized spacial score (nSPS) is 10.2. The summed E-state index contributed by atoms with van der Waals surface area (Å²) in [6.07, 6.45) is 1.73. The van der Waals surface area contributed by atoms with Gasteiger partial charge in [-0.1, -0.05) is 12.1 Å². The Kier molecular flexibility index (Phi) is 2.68. The number of hydrogen-bond donors (Lipinski definition) is 1. The van der Waals surface area contributed by atoms with Crippen LogP contribution in [0.25, 0.3) is 22.6 Å². The van der Waals surface area contributed by atoms with E-state index in [4.69, 9.17) is 0 Å². The number of hydrogen-bond acceptors (Lipinski definition) is 4. The van der Waals surface area contributed by atoms with Gasteiger partial charge in [0.05, 0.1) is 10.7 Å². The lowest BCUT2D eigenvalue weighted by molar-refractivity contribution is 1.24. The van der Waals surface area contributed by atoms with Gasteiger partial charge in [0.25, 0.3) is 0 Å². The zero-order valence-corrected chi connectivity index (χ0v) is 10.1. The lowest BCUT2D eigenvalue weighted by Crippen LogP contribution is -1.83. The summed E-state index contributed by atoms with van der Waals surface area (Å²) in [5.41, 5.74) is 3.18. The molecule has 0 saturated heterocycles. The summed E-state index contributed by atoms with van der Waals surface area (Å²) in [4.78, 5) is 16.0. The molecule has 0 unspecified atom stereocenters. The first-order valence-corrected chi connectivity index (χ1v) is 5.77. The third-order valence-electron chi connectivity index (χ3n) is 2.57.